The zero-order valence-electron chi connectivity index (χ0n) is 17.8. The highest BCUT2D eigenvalue weighted by Crippen LogP contribution is 2.33. The van der Waals surface area contributed by atoms with Crippen LogP contribution in [0.25, 0.3) is 10.9 Å². The molecule has 0 aliphatic heterocycles. The highest BCUT2D eigenvalue weighted by atomic mass is 19.4. The molecule has 2 aromatic heterocycles. The maximum Gasteiger partial charge on any atom is 0.416 e. The number of rotatable bonds is 6. The molecule has 4 aromatic rings. The van der Waals surface area contributed by atoms with E-state index in [1.807, 2.05) is 19.9 Å². The number of amides is 1. The van der Waals surface area contributed by atoms with Gasteiger partial charge in [0, 0.05) is 17.6 Å². The van der Waals surface area contributed by atoms with E-state index in [9.17, 15) is 18.0 Å². The molecule has 4 rings (SSSR count). The van der Waals surface area contributed by atoms with Crippen molar-refractivity contribution in [2.24, 2.45) is 0 Å². The first kappa shape index (κ1) is 22.3. The first-order chi connectivity index (χ1) is 15.7. The summed E-state index contributed by atoms with van der Waals surface area (Å²) in [6, 6.07) is 13.1. The summed E-state index contributed by atoms with van der Waals surface area (Å²) in [5.74, 6) is -0.771. The van der Waals surface area contributed by atoms with Gasteiger partial charge in [-0.2, -0.15) is 18.3 Å². The maximum atomic E-state index is 13.1. The third-order valence-corrected chi connectivity index (χ3v) is 4.95. The number of nitrogens with zero attached hydrogens (tertiary/aromatic N) is 4. The van der Waals surface area contributed by atoms with Gasteiger partial charge in [0.2, 0.25) is 0 Å². The molecule has 0 spiro atoms. The number of aryl methyl sites for hydroxylation is 2. The number of carbonyl (C=O) groups excluding carboxylic acids is 1. The van der Waals surface area contributed by atoms with Gasteiger partial charge in [-0.1, -0.05) is 24.3 Å². The summed E-state index contributed by atoms with van der Waals surface area (Å²) in [6.45, 7) is 4.53. The van der Waals surface area contributed by atoms with E-state index in [4.69, 9.17) is 4.74 Å². The van der Waals surface area contributed by atoms with Gasteiger partial charge in [0.05, 0.1) is 23.3 Å². The van der Waals surface area contributed by atoms with Gasteiger partial charge in [0.15, 0.2) is 0 Å². The fraction of sp³-hybridized carbons (Fsp3) is 0.217. The smallest absolute Gasteiger partial charge is 0.416 e. The summed E-state index contributed by atoms with van der Waals surface area (Å²) < 4.78 is 46.6. The lowest BCUT2D eigenvalue weighted by Gasteiger charge is -2.14. The number of hydrogen-bond acceptors (Lipinski definition) is 5. The minimum Gasteiger partial charge on any atom is -0.437 e. The summed E-state index contributed by atoms with van der Waals surface area (Å²) in [5.41, 5.74) is 1.51. The molecule has 0 saturated carbocycles. The van der Waals surface area contributed by atoms with Gasteiger partial charge >= 0.3 is 6.18 Å². The van der Waals surface area contributed by atoms with Crippen LogP contribution in [0.5, 0.6) is 11.6 Å². The lowest BCUT2D eigenvalue weighted by Crippen LogP contribution is -2.28. The molecule has 10 heteroatoms. The van der Waals surface area contributed by atoms with Gasteiger partial charge in [-0.15, -0.1) is 10.2 Å². The molecule has 33 heavy (non-hydrogen) atoms. The van der Waals surface area contributed by atoms with E-state index in [0.29, 0.717) is 17.4 Å². The summed E-state index contributed by atoms with van der Waals surface area (Å²) in [6.07, 6.45) is -4.53. The van der Waals surface area contributed by atoms with E-state index in [1.165, 1.54) is 12.1 Å². The number of benzene rings is 2. The van der Waals surface area contributed by atoms with Crippen LogP contribution in [0.2, 0.25) is 0 Å². The number of hydrogen-bond donors (Lipinski definition) is 1. The molecule has 0 atom stereocenters. The fourth-order valence-corrected chi connectivity index (χ4v) is 3.44. The van der Waals surface area contributed by atoms with Crippen molar-refractivity contribution in [3.8, 4) is 11.6 Å². The van der Waals surface area contributed by atoms with Crippen molar-refractivity contribution < 1.29 is 22.7 Å². The molecule has 0 bridgehead atoms. The number of alkyl halides is 3. The van der Waals surface area contributed by atoms with Crippen molar-refractivity contribution in [1.29, 1.82) is 0 Å². The molecule has 170 valence electrons. The summed E-state index contributed by atoms with van der Waals surface area (Å²) in [4.78, 5) is 13.1. The van der Waals surface area contributed by atoms with Crippen molar-refractivity contribution in [3.05, 3.63) is 77.1 Å². The van der Waals surface area contributed by atoms with Gasteiger partial charge in [-0.05, 0) is 44.2 Å². The predicted octanol–water partition coefficient (Wildman–Crippen LogP) is 4.68. The summed E-state index contributed by atoms with van der Waals surface area (Å²) in [5, 5.41) is 15.6. The molecule has 2 aromatic carbocycles. The number of fused-ring (bicyclic) bond motifs is 1. The Balaban J connectivity index is 1.62. The van der Waals surface area contributed by atoms with Crippen LogP contribution in [0.15, 0.2) is 54.6 Å². The second kappa shape index (κ2) is 8.89. The molecular weight excluding hydrogens is 435 g/mol. The van der Waals surface area contributed by atoms with Crippen LogP contribution in [0.1, 0.15) is 27.3 Å². The van der Waals surface area contributed by atoms with E-state index >= 15 is 0 Å². The van der Waals surface area contributed by atoms with Crippen LogP contribution in [0.4, 0.5) is 13.2 Å². The minimum atomic E-state index is -4.53. The highest BCUT2D eigenvalue weighted by Gasteiger charge is 2.31. The Labute approximate surface area is 187 Å². The van der Waals surface area contributed by atoms with Crippen molar-refractivity contribution >= 4 is 16.8 Å². The van der Waals surface area contributed by atoms with Crippen LogP contribution < -0.4 is 10.1 Å². The van der Waals surface area contributed by atoms with Crippen LogP contribution >= 0.6 is 0 Å². The Hall–Kier alpha value is -3.95. The summed E-state index contributed by atoms with van der Waals surface area (Å²) in [7, 11) is 0. The maximum absolute atomic E-state index is 13.1. The first-order valence-corrected chi connectivity index (χ1v) is 10.1. The molecule has 1 amide bonds. The average molecular weight is 455 g/mol. The Kier molecular flexibility index (Phi) is 5.99. The topological polar surface area (TPSA) is 81.9 Å². The first-order valence-electron chi connectivity index (χ1n) is 10.1. The van der Waals surface area contributed by atoms with Crippen molar-refractivity contribution in [1.82, 2.24) is 25.3 Å². The van der Waals surface area contributed by atoms with Gasteiger partial charge < -0.3 is 10.1 Å². The lowest BCUT2D eigenvalue weighted by atomic mass is 10.1. The van der Waals surface area contributed by atoms with Crippen molar-refractivity contribution in [3.63, 3.8) is 0 Å². The Morgan fingerprint density at radius 2 is 1.85 bits per heavy atom. The zero-order chi connectivity index (χ0) is 23.6. The average Bonchev–Trinajstić information content (AvgIpc) is 3.10. The molecule has 0 aliphatic carbocycles. The SMILES string of the molecule is Cc1cc(C)n(CCNC(=O)c2c(Oc3cccc(C(F)(F)F)c3)nnc3ccccc23)n1. The quantitative estimate of drug-likeness (QED) is 0.456. The van der Waals surface area contributed by atoms with E-state index in [0.717, 1.165) is 23.5 Å². The normalized spacial score (nSPS) is 11.5. The second-order valence-electron chi connectivity index (χ2n) is 7.43. The van der Waals surface area contributed by atoms with E-state index < -0.39 is 17.6 Å². The standard InChI is InChI=1S/C23H20F3N5O2/c1-14-12-15(2)31(30-14)11-10-27-21(32)20-18-8-3-4-9-19(18)28-29-22(20)33-17-7-5-6-16(13-17)23(24,25)26/h3-9,12-13H,10-11H2,1-2H3,(H,27,32). The Morgan fingerprint density at radius 1 is 1.06 bits per heavy atom. The van der Waals surface area contributed by atoms with Crippen LogP contribution in [-0.4, -0.2) is 32.4 Å². The van der Waals surface area contributed by atoms with Crippen molar-refractivity contribution in [2.45, 2.75) is 26.6 Å². The molecule has 1 N–H and O–H groups in total. The van der Waals surface area contributed by atoms with Gasteiger partial charge in [0.25, 0.3) is 11.8 Å². The predicted molar refractivity (Wildman–Crippen MR) is 115 cm³/mol. The van der Waals surface area contributed by atoms with Gasteiger partial charge in [-0.25, -0.2) is 0 Å². The molecule has 0 aliphatic rings. The Morgan fingerprint density at radius 3 is 2.58 bits per heavy atom. The van der Waals surface area contributed by atoms with Crippen molar-refractivity contribution in [2.75, 3.05) is 6.54 Å². The minimum absolute atomic E-state index is 0.0892. The van der Waals surface area contributed by atoms with Gasteiger partial charge in [0.1, 0.15) is 11.3 Å². The monoisotopic (exact) mass is 455 g/mol. The van der Waals surface area contributed by atoms with Crippen LogP contribution in [0.3, 0.4) is 0 Å². The molecule has 0 unspecified atom stereocenters. The number of carbonyl (C=O) groups is 1. The molecule has 0 fully saturated rings. The number of aromatic nitrogens is 4. The molecule has 2 heterocycles. The molecule has 0 saturated heterocycles. The molecule has 7 nitrogen and oxygen atoms in total. The van der Waals surface area contributed by atoms with Gasteiger partial charge in [-0.3, -0.25) is 9.48 Å². The number of ether oxygens (including phenoxy) is 1. The Bertz CT molecular complexity index is 1320. The highest BCUT2D eigenvalue weighted by molar-refractivity contribution is 6.07. The summed E-state index contributed by atoms with van der Waals surface area (Å²) >= 11 is 0. The number of nitrogens with one attached hydrogen (secondary N) is 1. The molecule has 0 radical (unpaired) electrons. The fourth-order valence-electron chi connectivity index (χ4n) is 3.44. The zero-order valence-corrected chi connectivity index (χ0v) is 17.8. The third kappa shape index (κ3) is 4.94. The third-order valence-electron chi connectivity index (χ3n) is 4.95. The number of halogens is 3. The van der Waals surface area contributed by atoms with E-state index in [1.54, 1.807) is 28.9 Å². The van der Waals surface area contributed by atoms with Crippen LogP contribution in [0, 0.1) is 13.8 Å². The van der Waals surface area contributed by atoms with E-state index in [2.05, 4.69) is 20.6 Å². The molecular formula is C23H20F3N5O2. The largest absolute Gasteiger partial charge is 0.437 e. The second-order valence-corrected chi connectivity index (χ2v) is 7.43. The van der Waals surface area contributed by atoms with Crippen LogP contribution in [-0.2, 0) is 12.7 Å². The van der Waals surface area contributed by atoms with E-state index in [-0.39, 0.29) is 23.7 Å². The lowest BCUT2D eigenvalue weighted by molar-refractivity contribution is -0.137.